The summed E-state index contributed by atoms with van der Waals surface area (Å²) in [5.41, 5.74) is 9.62. The summed E-state index contributed by atoms with van der Waals surface area (Å²) in [6, 6.07) is 17.9. The Bertz CT molecular complexity index is 1280. The van der Waals surface area contributed by atoms with Gasteiger partial charge in [-0.25, -0.2) is 9.97 Å². The minimum Gasteiger partial charge on any atom is -0.508 e. The molecule has 1 saturated heterocycles. The van der Waals surface area contributed by atoms with Gasteiger partial charge in [-0.2, -0.15) is 0 Å². The number of rotatable bonds is 6. The lowest BCUT2D eigenvalue weighted by molar-refractivity contribution is 0.122. The van der Waals surface area contributed by atoms with Crippen molar-refractivity contribution >= 4 is 27.4 Å². The van der Waals surface area contributed by atoms with Crippen LogP contribution < -0.4 is 10.6 Å². The first-order valence-electron chi connectivity index (χ1n) is 11.1. The first-order chi connectivity index (χ1) is 16.2. The van der Waals surface area contributed by atoms with E-state index in [-0.39, 0.29) is 5.75 Å². The Hall–Kier alpha value is -3.42. The lowest BCUT2D eigenvalue weighted by atomic mass is 10.1. The van der Waals surface area contributed by atoms with Crippen molar-refractivity contribution in [1.82, 2.24) is 9.97 Å². The minimum absolute atomic E-state index is 0.206. The number of nitrogens with two attached hydrogens (primary N) is 1. The summed E-state index contributed by atoms with van der Waals surface area (Å²) in [4.78, 5) is 13.2. The zero-order valence-electron chi connectivity index (χ0n) is 18.3. The van der Waals surface area contributed by atoms with Gasteiger partial charge in [0.2, 0.25) is 0 Å². The molecule has 5 rings (SSSR count). The monoisotopic (exact) mass is 458 g/mol. The molecule has 0 aliphatic carbocycles. The Morgan fingerprint density at radius 1 is 1.03 bits per heavy atom. The zero-order chi connectivity index (χ0) is 22.6. The number of benzene rings is 2. The fourth-order valence-electron chi connectivity index (χ4n) is 4.00. The molecule has 33 heavy (non-hydrogen) atoms. The van der Waals surface area contributed by atoms with E-state index < -0.39 is 0 Å². The number of morpholine rings is 1. The van der Waals surface area contributed by atoms with E-state index in [2.05, 4.69) is 35.2 Å². The highest BCUT2D eigenvalue weighted by Gasteiger charge is 2.20. The van der Waals surface area contributed by atoms with Crippen molar-refractivity contribution in [1.29, 1.82) is 0 Å². The summed E-state index contributed by atoms with van der Waals surface area (Å²) in [6.45, 7) is 2.97. The molecule has 0 amide bonds. The van der Waals surface area contributed by atoms with Gasteiger partial charge in [-0.15, -0.1) is 11.3 Å². The fraction of sp³-hybridized carbons (Fsp3) is 0.231. The molecule has 4 aromatic rings. The highest BCUT2D eigenvalue weighted by Crippen LogP contribution is 2.39. The smallest absolute Gasteiger partial charge is 0.162 e. The molecular formula is C26H26N4O2S. The van der Waals surface area contributed by atoms with Crippen LogP contribution in [0.25, 0.3) is 32.0 Å². The van der Waals surface area contributed by atoms with Gasteiger partial charge in [0.25, 0.3) is 0 Å². The second kappa shape index (κ2) is 9.60. The van der Waals surface area contributed by atoms with Gasteiger partial charge < -0.3 is 20.5 Å². The molecule has 1 fully saturated rings. The van der Waals surface area contributed by atoms with E-state index in [0.29, 0.717) is 19.0 Å². The van der Waals surface area contributed by atoms with Crippen molar-refractivity contribution in [2.24, 2.45) is 5.73 Å². The van der Waals surface area contributed by atoms with Gasteiger partial charge in [-0.1, -0.05) is 42.5 Å². The average Bonchev–Trinajstić information content (AvgIpc) is 3.29. The zero-order valence-corrected chi connectivity index (χ0v) is 19.1. The highest BCUT2D eigenvalue weighted by molar-refractivity contribution is 7.22. The van der Waals surface area contributed by atoms with E-state index >= 15 is 0 Å². The predicted octanol–water partition coefficient (Wildman–Crippen LogP) is 4.97. The predicted molar refractivity (Wildman–Crippen MR) is 135 cm³/mol. The van der Waals surface area contributed by atoms with Crippen LogP contribution in [0.1, 0.15) is 12.0 Å². The molecule has 2 aromatic heterocycles. The summed E-state index contributed by atoms with van der Waals surface area (Å²) < 4.78 is 6.64. The number of aromatic hydroxyl groups is 1. The van der Waals surface area contributed by atoms with Crippen molar-refractivity contribution in [2.75, 3.05) is 31.2 Å². The van der Waals surface area contributed by atoms with Gasteiger partial charge in [0, 0.05) is 23.5 Å². The molecule has 3 heterocycles. The van der Waals surface area contributed by atoms with Gasteiger partial charge >= 0.3 is 0 Å². The van der Waals surface area contributed by atoms with Gasteiger partial charge in [-0.05, 0) is 48.4 Å². The van der Waals surface area contributed by atoms with Crippen LogP contribution in [0.15, 0.2) is 66.9 Å². The Morgan fingerprint density at radius 2 is 1.85 bits per heavy atom. The van der Waals surface area contributed by atoms with E-state index in [9.17, 15) is 5.11 Å². The third kappa shape index (κ3) is 4.69. The Balaban J connectivity index is 1.55. The lowest BCUT2D eigenvalue weighted by Crippen LogP contribution is -2.36. The van der Waals surface area contributed by atoms with Gasteiger partial charge in [0.1, 0.15) is 5.75 Å². The van der Waals surface area contributed by atoms with E-state index in [1.54, 1.807) is 29.7 Å². The SMILES string of the molecule is NC=CCCc1ccc(-c2cc3nc(-c4cccc(O)c4)nc(N4CCOCC4)c3s2)cc1. The number of phenolic OH excluding ortho intramolecular Hbond substituents is 1. The van der Waals surface area contributed by atoms with Crippen LogP contribution in [0.5, 0.6) is 5.75 Å². The first kappa shape index (κ1) is 21.4. The molecule has 0 radical (unpaired) electrons. The van der Waals surface area contributed by atoms with Gasteiger partial charge in [0.05, 0.1) is 23.4 Å². The summed E-state index contributed by atoms with van der Waals surface area (Å²) in [5.74, 6) is 1.76. The summed E-state index contributed by atoms with van der Waals surface area (Å²) in [5, 5.41) is 9.96. The summed E-state index contributed by atoms with van der Waals surface area (Å²) in [6.07, 6.45) is 5.49. The van der Waals surface area contributed by atoms with E-state index in [4.69, 9.17) is 20.4 Å². The molecule has 168 valence electrons. The molecule has 0 saturated carbocycles. The number of ether oxygens (including phenoxy) is 1. The molecule has 1 aliphatic heterocycles. The molecular weight excluding hydrogens is 432 g/mol. The molecule has 6 nitrogen and oxygen atoms in total. The standard InChI is InChI=1S/C26H26N4O2S/c27-11-2-1-4-18-7-9-19(10-8-18)23-17-22-24(33-23)26(30-12-14-32-15-13-30)29-25(28-22)20-5-3-6-21(31)16-20/h2-3,5-11,16-17,31H,1,4,12-15,27H2. The minimum atomic E-state index is 0.206. The van der Waals surface area contributed by atoms with Crippen molar-refractivity contribution in [3.05, 3.63) is 72.4 Å². The number of thiophene rings is 1. The molecule has 0 unspecified atom stereocenters. The van der Waals surface area contributed by atoms with Crippen molar-refractivity contribution < 1.29 is 9.84 Å². The van der Waals surface area contributed by atoms with Gasteiger partial charge in [0.15, 0.2) is 11.6 Å². The fourth-order valence-corrected chi connectivity index (χ4v) is 5.12. The van der Waals surface area contributed by atoms with Crippen LogP contribution in [0.2, 0.25) is 0 Å². The Kier molecular flexibility index (Phi) is 6.24. The number of aromatic nitrogens is 2. The number of hydrogen-bond acceptors (Lipinski definition) is 7. The van der Waals surface area contributed by atoms with Crippen molar-refractivity contribution in [3.63, 3.8) is 0 Å². The maximum absolute atomic E-state index is 9.96. The summed E-state index contributed by atoms with van der Waals surface area (Å²) >= 11 is 1.72. The molecule has 0 spiro atoms. The third-order valence-electron chi connectivity index (χ3n) is 5.74. The number of nitrogens with zero attached hydrogens (tertiary/aromatic N) is 3. The highest BCUT2D eigenvalue weighted by atomic mass is 32.1. The van der Waals surface area contributed by atoms with Crippen LogP contribution in [0.4, 0.5) is 5.82 Å². The lowest BCUT2D eigenvalue weighted by Gasteiger charge is -2.28. The first-order valence-corrected chi connectivity index (χ1v) is 11.9. The number of fused-ring (bicyclic) bond motifs is 1. The molecule has 1 aliphatic rings. The Morgan fingerprint density at radius 3 is 2.61 bits per heavy atom. The maximum atomic E-state index is 9.96. The average molecular weight is 459 g/mol. The third-order valence-corrected chi connectivity index (χ3v) is 6.91. The van der Waals surface area contributed by atoms with Gasteiger partial charge in [-0.3, -0.25) is 0 Å². The largest absolute Gasteiger partial charge is 0.508 e. The van der Waals surface area contributed by atoms with E-state index in [1.807, 2.05) is 18.2 Å². The molecule has 2 aromatic carbocycles. The quantitative estimate of drug-likeness (QED) is 0.424. The number of allylic oxidation sites excluding steroid dienone is 1. The van der Waals surface area contributed by atoms with E-state index in [1.165, 1.54) is 11.1 Å². The second-order valence-corrected chi connectivity index (χ2v) is 9.06. The van der Waals surface area contributed by atoms with E-state index in [0.717, 1.165) is 52.4 Å². The number of anilines is 1. The maximum Gasteiger partial charge on any atom is 0.162 e. The van der Waals surface area contributed by atoms with Crippen LogP contribution in [0, 0.1) is 0 Å². The van der Waals surface area contributed by atoms with Crippen molar-refractivity contribution in [3.8, 4) is 27.6 Å². The molecule has 0 bridgehead atoms. The topological polar surface area (TPSA) is 84.5 Å². The molecule has 0 atom stereocenters. The number of aryl methyl sites for hydroxylation is 1. The molecule has 3 N–H and O–H groups in total. The second-order valence-electron chi connectivity index (χ2n) is 8.01. The van der Waals surface area contributed by atoms with Crippen LogP contribution in [-0.4, -0.2) is 41.4 Å². The van der Waals surface area contributed by atoms with Crippen molar-refractivity contribution in [2.45, 2.75) is 12.8 Å². The van der Waals surface area contributed by atoms with Crippen LogP contribution >= 0.6 is 11.3 Å². The Labute approximate surface area is 197 Å². The number of phenols is 1. The van der Waals surface area contributed by atoms with Crippen LogP contribution in [0.3, 0.4) is 0 Å². The normalized spacial score (nSPS) is 14.4. The molecule has 7 heteroatoms. The number of hydrogen-bond donors (Lipinski definition) is 2. The summed E-state index contributed by atoms with van der Waals surface area (Å²) in [7, 11) is 0. The van der Waals surface area contributed by atoms with Crippen LogP contribution in [-0.2, 0) is 11.2 Å².